The van der Waals surface area contributed by atoms with E-state index in [1.165, 1.54) is 6.07 Å². The van der Waals surface area contributed by atoms with Crippen LogP contribution in [0.1, 0.15) is 58.8 Å². The Morgan fingerprint density at radius 2 is 1.97 bits per heavy atom. The molecule has 0 spiro atoms. The number of rotatable bonds is 6. The Labute approximate surface area is 215 Å². The summed E-state index contributed by atoms with van der Waals surface area (Å²) in [6, 6.07) is 15.9. The minimum Gasteiger partial charge on any atom is -0.496 e. The standard InChI is InChI=1S/C30H29FN4O2/c1-18-13-26(29(35-18)24-9-5-20(16-32)14-28(24)37-2)30(36)34-17-19-3-6-21(7-4-19)23-11-12-33-27-10-8-22(31)15-25(23)27/h5,8-15,19,21,35H,3-4,6-7,17H2,1-2H3,(H,34,36). The van der Waals surface area contributed by atoms with Crippen molar-refractivity contribution in [3.8, 4) is 23.1 Å². The molecule has 0 saturated heterocycles. The number of nitrogens with one attached hydrogen (secondary N) is 2. The number of nitriles is 1. The van der Waals surface area contributed by atoms with Crippen molar-refractivity contribution in [1.29, 1.82) is 5.26 Å². The van der Waals surface area contributed by atoms with E-state index in [-0.39, 0.29) is 11.7 Å². The maximum absolute atomic E-state index is 13.9. The maximum Gasteiger partial charge on any atom is 0.253 e. The minimum absolute atomic E-state index is 0.136. The van der Waals surface area contributed by atoms with E-state index >= 15 is 0 Å². The average molecular weight is 497 g/mol. The van der Waals surface area contributed by atoms with Gasteiger partial charge in [0.05, 0.1) is 35.5 Å². The second-order valence-corrected chi connectivity index (χ2v) is 9.76. The van der Waals surface area contributed by atoms with Crippen LogP contribution in [-0.4, -0.2) is 29.5 Å². The van der Waals surface area contributed by atoms with Gasteiger partial charge in [0.1, 0.15) is 11.6 Å². The second kappa shape index (κ2) is 10.4. The van der Waals surface area contributed by atoms with E-state index in [2.05, 4.69) is 21.4 Å². The fourth-order valence-electron chi connectivity index (χ4n) is 5.45. The normalized spacial score (nSPS) is 17.4. The Kier molecular flexibility index (Phi) is 6.91. The molecule has 2 N–H and O–H groups in total. The van der Waals surface area contributed by atoms with Crippen LogP contribution in [0.25, 0.3) is 22.2 Å². The molecule has 0 radical (unpaired) electrons. The number of fused-ring (bicyclic) bond motifs is 1. The summed E-state index contributed by atoms with van der Waals surface area (Å²) >= 11 is 0. The smallest absolute Gasteiger partial charge is 0.253 e. The van der Waals surface area contributed by atoms with Gasteiger partial charge < -0.3 is 15.0 Å². The van der Waals surface area contributed by atoms with Gasteiger partial charge in [-0.3, -0.25) is 9.78 Å². The fourth-order valence-corrected chi connectivity index (χ4v) is 5.45. The van der Waals surface area contributed by atoms with Crippen molar-refractivity contribution in [3.05, 3.63) is 82.9 Å². The number of amides is 1. The molecule has 0 bridgehead atoms. The summed E-state index contributed by atoms with van der Waals surface area (Å²) in [5.41, 5.74) is 5.32. The lowest BCUT2D eigenvalue weighted by atomic mass is 9.78. The molecule has 0 unspecified atom stereocenters. The molecule has 1 aliphatic carbocycles. The largest absolute Gasteiger partial charge is 0.496 e. The number of methoxy groups -OCH3 is 1. The molecule has 1 fully saturated rings. The predicted molar refractivity (Wildman–Crippen MR) is 141 cm³/mol. The number of carbonyl (C=O) groups is 1. The van der Waals surface area contributed by atoms with Gasteiger partial charge in [0.2, 0.25) is 0 Å². The quantitative estimate of drug-likeness (QED) is 0.330. The number of carbonyl (C=O) groups excluding carboxylic acids is 1. The van der Waals surface area contributed by atoms with Crippen molar-refractivity contribution >= 4 is 16.8 Å². The molecule has 1 saturated carbocycles. The number of ether oxygens (including phenoxy) is 1. The van der Waals surface area contributed by atoms with Gasteiger partial charge in [0.15, 0.2) is 0 Å². The van der Waals surface area contributed by atoms with Crippen molar-refractivity contribution in [3.63, 3.8) is 0 Å². The number of pyridine rings is 1. The first-order valence-corrected chi connectivity index (χ1v) is 12.6. The van der Waals surface area contributed by atoms with Crippen LogP contribution < -0.4 is 10.1 Å². The summed E-state index contributed by atoms with van der Waals surface area (Å²) in [6.07, 6.45) is 5.78. The number of aryl methyl sites for hydroxylation is 1. The molecule has 7 heteroatoms. The van der Waals surface area contributed by atoms with Crippen molar-refractivity contribution in [2.45, 2.75) is 38.5 Å². The van der Waals surface area contributed by atoms with E-state index in [0.29, 0.717) is 41.0 Å². The topological polar surface area (TPSA) is 90.8 Å². The van der Waals surface area contributed by atoms with E-state index in [1.807, 2.05) is 19.1 Å². The van der Waals surface area contributed by atoms with Crippen LogP contribution in [0.2, 0.25) is 0 Å². The molecule has 0 aliphatic heterocycles. The Morgan fingerprint density at radius 3 is 2.73 bits per heavy atom. The highest BCUT2D eigenvalue weighted by molar-refractivity contribution is 6.01. The molecule has 5 rings (SSSR count). The first kappa shape index (κ1) is 24.5. The summed E-state index contributed by atoms with van der Waals surface area (Å²) in [5.74, 6) is 0.913. The molecule has 1 amide bonds. The first-order valence-electron chi connectivity index (χ1n) is 12.6. The lowest BCUT2D eigenvalue weighted by molar-refractivity contribution is 0.0943. The highest BCUT2D eigenvalue weighted by Crippen LogP contribution is 2.38. The molecule has 2 heterocycles. The van der Waals surface area contributed by atoms with Crippen LogP contribution in [-0.2, 0) is 0 Å². The van der Waals surface area contributed by atoms with Crippen molar-refractivity contribution in [2.24, 2.45) is 5.92 Å². The molecule has 37 heavy (non-hydrogen) atoms. The van der Waals surface area contributed by atoms with Crippen molar-refractivity contribution < 1.29 is 13.9 Å². The summed E-state index contributed by atoms with van der Waals surface area (Å²) in [7, 11) is 1.55. The molecular weight excluding hydrogens is 467 g/mol. The highest BCUT2D eigenvalue weighted by atomic mass is 19.1. The zero-order valence-corrected chi connectivity index (χ0v) is 21.0. The van der Waals surface area contributed by atoms with Gasteiger partial charge in [0, 0.05) is 29.4 Å². The van der Waals surface area contributed by atoms with Gasteiger partial charge in [-0.25, -0.2) is 4.39 Å². The van der Waals surface area contributed by atoms with Gasteiger partial charge in [0.25, 0.3) is 5.91 Å². The Morgan fingerprint density at radius 1 is 1.16 bits per heavy atom. The van der Waals surface area contributed by atoms with Gasteiger partial charge in [-0.15, -0.1) is 0 Å². The maximum atomic E-state index is 13.9. The molecule has 2 aromatic carbocycles. The molecular formula is C30H29FN4O2. The third kappa shape index (κ3) is 5.05. The third-order valence-electron chi connectivity index (χ3n) is 7.37. The van der Waals surface area contributed by atoms with E-state index in [0.717, 1.165) is 53.4 Å². The zero-order chi connectivity index (χ0) is 25.9. The fraction of sp³-hybridized carbons (Fsp3) is 0.300. The number of hydrogen-bond acceptors (Lipinski definition) is 4. The summed E-state index contributed by atoms with van der Waals surface area (Å²) in [6.45, 7) is 2.51. The van der Waals surface area contributed by atoms with Gasteiger partial charge >= 0.3 is 0 Å². The minimum atomic E-state index is -0.240. The Bertz CT molecular complexity index is 1500. The SMILES string of the molecule is COc1cc(C#N)ccc1-c1[nH]c(C)cc1C(=O)NCC1CCC(c2ccnc3ccc(F)cc23)CC1. The van der Waals surface area contributed by atoms with E-state index in [9.17, 15) is 14.4 Å². The number of benzene rings is 2. The Balaban J connectivity index is 1.25. The van der Waals surface area contributed by atoms with Crippen molar-refractivity contribution in [2.75, 3.05) is 13.7 Å². The summed E-state index contributed by atoms with van der Waals surface area (Å²) in [5, 5.41) is 13.2. The van der Waals surface area contributed by atoms with Crippen LogP contribution in [0.3, 0.4) is 0 Å². The van der Waals surface area contributed by atoms with Crippen molar-refractivity contribution in [1.82, 2.24) is 15.3 Å². The Hall–Kier alpha value is -4.18. The predicted octanol–water partition coefficient (Wildman–Crippen LogP) is 6.26. The highest BCUT2D eigenvalue weighted by Gasteiger charge is 2.25. The lowest BCUT2D eigenvalue weighted by Gasteiger charge is -2.29. The van der Waals surface area contributed by atoms with E-state index in [4.69, 9.17) is 4.74 Å². The molecule has 188 valence electrons. The lowest BCUT2D eigenvalue weighted by Crippen LogP contribution is -2.31. The molecule has 1 aliphatic rings. The van der Waals surface area contributed by atoms with Crippen LogP contribution >= 0.6 is 0 Å². The number of halogens is 1. The van der Waals surface area contributed by atoms with E-state index in [1.54, 1.807) is 43.6 Å². The van der Waals surface area contributed by atoms with Crippen LogP contribution in [0, 0.1) is 30.0 Å². The average Bonchev–Trinajstić information content (AvgIpc) is 3.32. The molecule has 6 nitrogen and oxygen atoms in total. The summed E-state index contributed by atoms with van der Waals surface area (Å²) < 4.78 is 19.4. The zero-order valence-electron chi connectivity index (χ0n) is 21.0. The number of H-pyrrole nitrogens is 1. The molecule has 4 aromatic rings. The second-order valence-electron chi connectivity index (χ2n) is 9.76. The molecule has 2 aromatic heterocycles. The van der Waals surface area contributed by atoms with Gasteiger partial charge in [-0.1, -0.05) is 0 Å². The first-order chi connectivity index (χ1) is 18.0. The number of aromatic amines is 1. The van der Waals surface area contributed by atoms with Crippen LogP contribution in [0.5, 0.6) is 5.75 Å². The number of hydrogen-bond donors (Lipinski definition) is 2. The van der Waals surface area contributed by atoms with Crippen LogP contribution in [0.15, 0.2) is 54.7 Å². The number of aromatic nitrogens is 2. The summed E-state index contributed by atoms with van der Waals surface area (Å²) in [4.78, 5) is 20.9. The van der Waals surface area contributed by atoms with Gasteiger partial charge in [-0.2, -0.15) is 5.26 Å². The van der Waals surface area contributed by atoms with E-state index < -0.39 is 0 Å². The number of nitrogens with zero attached hydrogens (tertiary/aromatic N) is 2. The third-order valence-corrected chi connectivity index (χ3v) is 7.37. The van der Waals surface area contributed by atoms with Gasteiger partial charge in [-0.05, 0) is 98.5 Å². The molecule has 0 atom stereocenters. The monoisotopic (exact) mass is 496 g/mol. The van der Waals surface area contributed by atoms with Crippen LogP contribution in [0.4, 0.5) is 4.39 Å².